The molecular formula is C39H45N3O4S. The van der Waals surface area contributed by atoms with Gasteiger partial charge in [0.25, 0.3) is 10.0 Å². The second-order valence-electron chi connectivity index (χ2n) is 12.7. The Balaban J connectivity index is 1.56. The Hall–Kier alpha value is -4.43. The SMILES string of the molecule is Cc1ccc(N(CC(=O)N(Cc2ccccc2C)C(Cc2ccccc2)C(=O)NC2CCCCC2)S(=O)(=O)c2ccc(C)cc2)cc1. The fraction of sp³-hybridized carbons (Fsp3) is 0.333. The number of rotatable bonds is 12. The monoisotopic (exact) mass is 651 g/mol. The number of hydrogen-bond acceptors (Lipinski definition) is 4. The molecule has 0 heterocycles. The summed E-state index contributed by atoms with van der Waals surface area (Å²) in [5.41, 5.74) is 5.08. The van der Waals surface area contributed by atoms with Gasteiger partial charge >= 0.3 is 0 Å². The number of amides is 2. The van der Waals surface area contributed by atoms with Gasteiger partial charge in [-0.1, -0.05) is 109 Å². The van der Waals surface area contributed by atoms with E-state index in [1.54, 1.807) is 41.3 Å². The first-order valence-electron chi connectivity index (χ1n) is 16.5. The molecule has 0 bridgehead atoms. The van der Waals surface area contributed by atoms with Gasteiger partial charge in [-0.3, -0.25) is 13.9 Å². The van der Waals surface area contributed by atoms with Crippen LogP contribution in [0.4, 0.5) is 5.69 Å². The van der Waals surface area contributed by atoms with Crippen molar-refractivity contribution in [2.45, 2.75) is 82.8 Å². The highest BCUT2D eigenvalue weighted by Gasteiger charge is 2.35. The van der Waals surface area contributed by atoms with Crippen molar-refractivity contribution in [3.8, 4) is 0 Å². The van der Waals surface area contributed by atoms with Crippen molar-refractivity contribution in [3.63, 3.8) is 0 Å². The zero-order valence-corrected chi connectivity index (χ0v) is 28.4. The van der Waals surface area contributed by atoms with Crippen molar-refractivity contribution in [1.29, 1.82) is 0 Å². The molecule has 1 saturated carbocycles. The van der Waals surface area contributed by atoms with E-state index in [4.69, 9.17) is 0 Å². The standard InChI is InChI=1S/C39H45N3O4S/c1-29-18-22-35(23-19-29)42(47(45,46)36-24-20-30(2)21-25-36)28-38(43)41(27-33-15-11-10-12-31(33)3)37(26-32-13-6-4-7-14-32)39(44)40-34-16-8-5-9-17-34/h4,6-7,10-15,18-25,34,37H,5,8-9,16-17,26-28H2,1-3H3,(H,40,44). The maximum absolute atomic E-state index is 14.7. The van der Waals surface area contributed by atoms with Crippen LogP contribution in [0, 0.1) is 20.8 Å². The van der Waals surface area contributed by atoms with Gasteiger partial charge in [0.1, 0.15) is 12.6 Å². The van der Waals surface area contributed by atoms with Crippen LogP contribution in [0.3, 0.4) is 0 Å². The number of benzene rings is 4. The van der Waals surface area contributed by atoms with E-state index < -0.39 is 28.5 Å². The Labute approximate surface area is 279 Å². The summed E-state index contributed by atoms with van der Waals surface area (Å²) in [4.78, 5) is 30.6. The number of aryl methyl sites for hydroxylation is 3. The van der Waals surface area contributed by atoms with Crippen molar-refractivity contribution >= 4 is 27.5 Å². The summed E-state index contributed by atoms with van der Waals surface area (Å²) in [6.07, 6.45) is 5.39. The van der Waals surface area contributed by atoms with Crippen LogP contribution in [0.5, 0.6) is 0 Å². The van der Waals surface area contributed by atoms with Crippen molar-refractivity contribution in [1.82, 2.24) is 10.2 Å². The molecule has 1 unspecified atom stereocenters. The quantitative estimate of drug-likeness (QED) is 0.181. The molecule has 2 amide bonds. The van der Waals surface area contributed by atoms with E-state index in [-0.39, 0.29) is 23.4 Å². The lowest BCUT2D eigenvalue weighted by molar-refractivity contribution is -0.140. The van der Waals surface area contributed by atoms with Gasteiger partial charge < -0.3 is 10.2 Å². The van der Waals surface area contributed by atoms with Crippen molar-refractivity contribution in [3.05, 3.63) is 131 Å². The molecule has 1 fully saturated rings. The molecule has 47 heavy (non-hydrogen) atoms. The second kappa shape index (κ2) is 15.4. The van der Waals surface area contributed by atoms with Crippen LogP contribution in [-0.4, -0.2) is 43.8 Å². The van der Waals surface area contributed by atoms with Crippen LogP contribution in [0.15, 0.2) is 108 Å². The molecule has 0 aliphatic heterocycles. The largest absolute Gasteiger partial charge is 0.352 e. The molecular weight excluding hydrogens is 607 g/mol. The lowest BCUT2D eigenvalue weighted by Gasteiger charge is -2.35. The van der Waals surface area contributed by atoms with Gasteiger partial charge in [-0.05, 0) is 74.6 Å². The van der Waals surface area contributed by atoms with Gasteiger partial charge in [0, 0.05) is 19.0 Å². The molecule has 8 heteroatoms. The molecule has 5 rings (SSSR count). The van der Waals surface area contributed by atoms with E-state index in [0.717, 1.165) is 59.9 Å². The molecule has 246 valence electrons. The third-order valence-corrected chi connectivity index (χ3v) is 10.8. The molecule has 0 aromatic heterocycles. The van der Waals surface area contributed by atoms with Gasteiger partial charge in [-0.15, -0.1) is 0 Å². The van der Waals surface area contributed by atoms with E-state index >= 15 is 0 Å². The topological polar surface area (TPSA) is 86.8 Å². The lowest BCUT2D eigenvalue weighted by atomic mass is 9.94. The Kier molecular flexibility index (Phi) is 11.1. The van der Waals surface area contributed by atoms with Crippen LogP contribution in [0.1, 0.15) is 59.9 Å². The van der Waals surface area contributed by atoms with Crippen LogP contribution < -0.4 is 9.62 Å². The normalized spacial score (nSPS) is 14.3. The first-order valence-corrected chi connectivity index (χ1v) is 17.9. The van der Waals surface area contributed by atoms with Gasteiger partial charge in [0.05, 0.1) is 10.6 Å². The van der Waals surface area contributed by atoms with Crippen LogP contribution >= 0.6 is 0 Å². The van der Waals surface area contributed by atoms with E-state index in [1.165, 1.54) is 4.31 Å². The Morgan fingerprint density at radius 3 is 2.00 bits per heavy atom. The summed E-state index contributed by atoms with van der Waals surface area (Å²) < 4.78 is 29.6. The summed E-state index contributed by atoms with van der Waals surface area (Å²) in [7, 11) is -4.14. The number of carbonyl (C=O) groups is 2. The molecule has 1 N–H and O–H groups in total. The first kappa shape index (κ1) is 33.9. The predicted molar refractivity (Wildman–Crippen MR) is 188 cm³/mol. The summed E-state index contributed by atoms with van der Waals surface area (Å²) in [5, 5.41) is 3.26. The number of carbonyl (C=O) groups excluding carboxylic acids is 2. The molecule has 0 spiro atoms. The molecule has 7 nitrogen and oxygen atoms in total. The van der Waals surface area contributed by atoms with Crippen molar-refractivity contribution in [2.75, 3.05) is 10.8 Å². The van der Waals surface area contributed by atoms with E-state index in [9.17, 15) is 18.0 Å². The van der Waals surface area contributed by atoms with Gasteiger partial charge in [-0.2, -0.15) is 0 Å². The van der Waals surface area contributed by atoms with Crippen LogP contribution in [0.2, 0.25) is 0 Å². The zero-order chi connectivity index (χ0) is 33.4. The van der Waals surface area contributed by atoms with Gasteiger partial charge in [-0.25, -0.2) is 8.42 Å². The molecule has 0 saturated heterocycles. The zero-order valence-electron chi connectivity index (χ0n) is 27.6. The average molecular weight is 652 g/mol. The summed E-state index contributed by atoms with van der Waals surface area (Å²) in [5.74, 6) is -0.671. The second-order valence-corrected chi connectivity index (χ2v) is 14.5. The molecule has 4 aromatic rings. The van der Waals surface area contributed by atoms with Crippen LogP contribution in [-0.2, 0) is 32.6 Å². The van der Waals surface area contributed by atoms with Crippen molar-refractivity contribution in [2.24, 2.45) is 0 Å². The Morgan fingerprint density at radius 2 is 1.36 bits per heavy atom. The third kappa shape index (κ3) is 8.69. The average Bonchev–Trinajstić information content (AvgIpc) is 3.07. The van der Waals surface area contributed by atoms with Gasteiger partial charge in [0.2, 0.25) is 11.8 Å². The summed E-state index contributed by atoms with van der Waals surface area (Å²) >= 11 is 0. The van der Waals surface area contributed by atoms with Crippen LogP contribution in [0.25, 0.3) is 0 Å². The molecule has 4 aromatic carbocycles. The van der Waals surface area contributed by atoms with Crippen molar-refractivity contribution < 1.29 is 18.0 Å². The number of nitrogens with one attached hydrogen (secondary N) is 1. The molecule has 1 atom stereocenters. The fourth-order valence-corrected chi connectivity index (χ4v) is 7.56. The summed E-state index contributed by atoms with van der Waals surface area (Å²) in [6, 6.07) is 30.4. The maximum Gasteiger partial charge on any atom is 0.264 e. The minimum absolute atomic E-state index is 0.0518. The summed E-state index contributed by atoms with van der Waals surface area (Å²) in [6.45, 7) is 5.50. The first-order chi connectivity index (χ1) is 22.6. The molecule has 1 aliphatic rings. The minimum atomic E-state index is -4.14. The molecule has 1 aliphatic carbocycles. The highest BCUT2D eigenvalue weighted by Crippen LogP contribution is 2.26. The highest BCUT2D eigenvalue weighted by molar-refractivity contribution is 7.92. The fourth-order valence-electron chi connectivity index (χ4n) is 6.15. The third-order valence-electron chi connectivity index (χ3n) is 9.03. The Bertz CT molecular complexity index is 1750. The van der Waals surface area contributed by atoms with E-state index in [1.807, 2.05) is 87.5 Å². The lowest BCUT2D eigenvalue weighted by Crippen LogP contribution is -2.55. The number of sulfonamides is 1. The van der Waals surface area contributed by atoms with Gasteiger partial charge in [0.15, 0.2) is 0 Å². The minimum Gasteiger partial charge on any atom is -0.352 e. The smallest absolute Gasteiger partial charge is 0.264 e. The number of nitrogens with zero attached hydrogens (tertiary/aromatic N) is 2. The Morgan fingerprint density at radius 1 is 0.766 bits per heavy atom. The highest BCUT2D eigenvalue weighted by atomic mass is 32.2. The predicted octanol–water partition coefficient (Wildman–Crippen LogP) is 6.90. The number of hydrogen-bond donors (Lipinski definition) is 1. The number of anilines is 1. The molecule has 0 radical (unpaired) electrons. The van der Waals surface area contributed by atoms with E-state index in [2.05, 4.69) is 5.32 Å². The maximum atomic E-state index is 14.7. The van der Waals surface area contributed by atoms with E-state index in [0.29, 0.717) is 12.1 Å².